The van der Waals surface area contributed by atoms with E-state index in [2.05, 4.69) is 22.0 Å². The van der Waals surface area contributed by atoms with Gasteiger partial charge in [-0.25, -0.2) is 4.39 Å². The van der Waals surface area contributed by atoms with Crippen LogP contribution in [0.15, 0.2) is 36.4 Å². The van der Waals surface area contributed by atoms with Crippen molar-refractivity contribution in [3.8, 4) is 17.2 Å². The van der Waals surface area contributed by atoms with E-state index < -0.39 is 11.9 Å². The maximum absolute atomic E-state index is 14.9. The summed E-state index contributed by atoms with van der Waals surface area (Å²) in [5.41, 5.74) is 3.47. The standard InChI is InChI=1S/C25H25FN4O2/c26-22-11-16(15-5-8-21-18(9-15)13-28-24(21)31)1-2-17(22)10-20(12-27)30-25(32)23-14-3-6-19(29-23)7-4-14/h1-2,5,8-9,11,14,19-20,23,29H,3-4,6-7,10,13H2,(H,28,31)(H,30,32)/t14?,19?,20-,23-/m0/s1. The molecule has 1 aliphatic carbocycles. The van der Waals surface area contributed by atoms with Gasteiger partial charge in [0, 0.05) is 24.6 Å². The van der Waals surface area contributed by atoms with Gasteiger partial charge in [0.2, 0.25) is 5.91 Å². The Kier molecular flexibility index (Phi) is 5.40. The number of hydrogen-bond donors (Lipinski definition) is 3. The van der Waals surface area contributed by atoms with Crippen molar-refractivity contribution in [2.24, 2.45) is 5.92 Å². The third-order valence-electron chi connectivity index (χ3n) is 7.01. The molecule has 3 N–H and O–H groups in total. The predicted molar refractivity (Wildman–Crippen MR) is 117 cm³/mol. The van der Waals surface area contributed by atoms with Crippen LogP contribution in [-0.4, -0.2) is 29.9 Å². The molecule has 7 heteroatoms. The summed E-state index contributed by atoms with van der Waals surface area (Å²) in [5.74, 6) is -0.354. The van der Waals surface area contributed by atoms with Crippen molar-refractivity contribution in [3.63, 3.8) is 0 Å². The fraction of sp³-hybridized carbons (Fsp3) is 0.400. The van der Waals surface area contributed by atoms with Gasteiger partial charge in [0.1, 0.15) is 11.9 Å². The van der Waals surface area contributed by atoms with Crippen molar-refractivity contribution < 1.29 is 14.0 Å². The van der Waals surface area contributed by atoms with Crippen LogP contribution in [0.5, 0.6) is 0 Å². The van der Waals surface area contributed by atoms with Crippen LogP contribution in [0.4, 0.5) is 4.39 Å². The van der Waals surface area contributed by atoms with Crippen molar-refractivity contribution in [3.05, 3.63) is 58.9 Å². The lowest BCUT2D eigenvalue weighted by molar-refractivity contribution is -0.127. The van der Waals surface area contributed by atoms with Gasteiger partial charge < -0.3 is 16.0 Å². The van der Waals surface area contributed by atoms with Gasteiger partial charge in [-0.1, -0.05) is 18.2 Å². The van der Waals surface area contributed by atoms with Crippen molar-refractivity contribution in [1.29, 1.82) is 5.26 Å². The second-order valence-corrected chi connectivity index (χ2v) is 9.01. The van der Waals surface area contributed by atoms with E-state index >= 15 is 0 Å². The average Bonchev–Trinajstić information content (AvgIpc) is 3.20. The van der Waals surface area contributed by atoms with Gasteiger partial charge in [-0.05, 0) is 72.1 Å². The first-order valence-corrected chi connectivity index (χ1v) is 11.2. The quantitative estimate of drug-likeness (QED) is 0.677. The second-order valence-electron chi connectivity index (χ2n) is 9.01. The van der Waals surface area contributed by atoms with E-state index in [1.165, 1.54) is 6.07 Å². The van der Waals surface area contributed by atoms with E-state index in [9.17, 15) is 19.2 Å². The highest BCUT2D eigenvalue weighted by atomic mass is 19.1. The van der Waals surface area contributed by atoms with Crippen molar-refractivity contribution >= 4 is 11.8 Å². The first-order valence-electron chi connectivity index (χ1n) is 11.2. The van der Waals surface area contributed by atoms with Crippen LogP contribution < -0.4 is 16.0 Å². The molecule has 2 bridgehead atoms. The Morgan fingerprint density at radius 1 is 1.16 bits per heavy atom. The Morgan fingerprint density at radius 3 is 2.59 bits per heavy atom. The Morgan fingerprint density at radius 2 is 1.91 bits per heavy atom. The minimum atomic E-state index is -0.790. The van der Waals surface area contributed by atoms with E-state index in [-0.39, 0.29) is 24.3 Å². The number of nitriles is 1. The molecule has 2 saturated heterocycles. The lowest BCUT2D eigenvalue weighted by Gasteiger charge is -2.42. The summed E-state index contributed by atoms with van der Waals surface area (Å²) >= 11 is 0. The highest BCUT2D eigenvalue weighted by molar-refractivity contribution is 5.98. The number of rotatable bonds is 5. The van der Waals surface area contributed by atoms with Gasteiger partial charge in [-0.2, -0.15) is 5.26 Å². The number of carbonyl (C=O) groups excluding carboxylic acids is 2. The largest absolute Gasteiger partial charge is 0.348 e. The number of fused-ring (bicyclic) bond motifs is 4. The molecule has 0 spiro atoms. The average molecular weight is 432 g/mol. The molecule has 2 amide bonds. The molecule has 0 radical (unpaired) electrons. The van der Waals surface area contributed by atoms with Crippen LogP contribution in [0, 0.1) is 23.1 Å². The van der Waals surface area contributed by atoms with E-state index in [1.807, 2.05) is 12.1 Å². The molecule has 1 saturated carbocycles. The molecule has 2 atom stereocenters. The molecule has 6 rings (SSSR count). The number of nitrogens with one attached hydrogen (secondary N) is 3. The second kappa shape index (κ2) is 8.36. The SMILES string of the molecule is N#C[C@H](Cc1ccc(-c2ccc3c(c2)CNC3=O)cc1F)NC(=O)[C@H]1NC2CCC1CC2. The van der Waals surface area contributed by atoms with Gasteiger partial charge >= 0.3 is 0 Å². The zero-order valence-corrected chi connectivity index (χ0v) is 17.7. The molecule has 3 aliphatic heterocycles. The molecular formula is C25H25FN4O2. The van der Waals surface area contributed by atoms with Crippen LogP contribution in [0.3, 0.4) is 0 Å². The van der Waals surface area contributed by atoms with E-state index in [4.69, 9.17) is 0 Å². The van der Waals surface area contributed by atoms with Crippen molar-refractivity contribution in [1.82, 2.24) is 16.0 Å². The summed E-state index contributed by atoms with van der Waals surface area (Å²) < 4.78 is 14.9. The van der Waals surface area contributed by atoms with Crippen LogP contribution in [0.2, 0.25) is 0 Å². The zero-order valence-electron chi connectivity index (χ0n) is 17.7. The molecule has 32 heavy (non-hydrogen) atoms. The normalized spacial score (nSPS) is 24.4. The number of piperidine rings is 2. The first kappa shape index (κ1) is 20.7. The van der Waals surface area contributed by atoms with Crippen LogP contribution in [0.25, 0.3) is 11.1 Å². The van der Waals surface area contributed by atoms with E-state index in [0.29, 0.717) is 35.2 Å². The molecule has 0 aromatic heterocycles. The summed E-state index contributed by atoms with van der Waals surface area (Å²) in [6, 6.07) is 11.8. The Hall–Kier alpha value is -3.24. The fourth-order valence-corrected chi connectivity index (χ4v) is 5.21. The lowest BCUT2D eigenvalue weighted by Crippen LogP contribution is -2.59. The molecule has 2 aromatic carbocycles. The summed E-state index contributed by atoms with van der Waals surface area (Å²) in [7, 11) is 0. The molecule has 2 aromatic rings. The maximum Gasteiger partial charge on any atom is 0.251 e. The summed E-state index contributed by atoms with van der Waals surface area (Å²) in [5, 5.41) is 18.5. The van der Waals surface area contributed by atoms with Crippen molar-refractivity contribution in [2.45, 2.75) is 56.8 Å². The van der Waals surface area contributed by atoms with Gasteiger partial charge in [-0.15, -0.1) is 0 Å². The first-order chi connectivity index (χ1) is 15.5. The van der Waals surface area contributed by atoms with Gasteiger partial charge in [0.25, 0.3) is 5.91 Å². The molecule has 3 heterocycles. The molecule has 0 unspecified atom stereocenters. The number of hydrogen-bond acceptors (Lipinski definition) is 4. The maximum atomic E-state index is 14.9. The lowest BCUT2D eigenvalue weighted by atomic mass is 9.76. The molecule has 6 nitrogen and oxygen atoms in total. The van der Waals surface area contributed by atoms with E-state index in [1.54, 1.807) is 18.2 Å². The van der Waals surface area contributed by atoms with Gasteiger partial charge in [0.15, 0.2) is 0 Å². The zero-order chi connectivity index (χ0) is 22.2. The number of nitrogens with zero attached hydrogens (tertiary/aromatic N) is 1. The third kappa shape index (κ3) is 3.87. The Labute approximate surface area is 186 Å². The summed E-state index contributed by atoms with van der Waals surface area (Å²) in [6.45, 7) is 0.476. The van der Waals surface area contributed by atoms with Crippen molar-refractivity contribution in [2.75, 3.05) is 0 Å². The highest BCUT2D eigenvalue weighted by Crippen LogP contribution is 2.33. The fourth-order valence-electron chi connectivity index (χ4n) is 5.21. The highest BCUT2D eigenvalue weighted by Gasteiger charge is 2.39. The monoisotopic (exact) mass is 432 g/mol. The number of carbonyl (C=O) groups is 2. The minimum absolute atomic E-state index is 0.0890. The topological polar surface area (TPSA) is 94.0 Å². The van der Waals surface area contributed by atoms with Crippen LogP contribution in [0.1, 0.15) is 47.2 Å². The van der Waals surface area contributed by atoms with Gasteiger partial charge in [0.05, 0.1) is 12.1 Å². The third-order valence-corrected chi connectivity index (χ3v) is 7.01. The van der Waals surface area contributed by atoms with Crippen LogP contribution >= 0.6 is 0 Å². The Bertz CT molecular complexity index is 1120. The minimum Gasteiger partial charge on any atom is -0.348 e. The van der Waals surface area contributed by atoms with E-state index in [0.717, 1.165) is 36.8 Å². The van der Waals surface area contributed by atoms with Crippen LogP contribution in [-0.2, 0) is 17.8 Å². The smallest absolute Gasteiger partial charge is 0.251 e. The predicted octanol–water partition coefficient (Wildman–Crippen LogP) is 2.82. The molecule has 4 aliphatic rings. The number of benzene rings is 2. The Balaban J connectivity index is 1.27. The summed E-state index contributed by atoms with van der Waals surface area (Å²) in [4.78, 5) is 24.5. The number of amides is 2. The molecule has 3 fully saturated rings. The van der Waals surface area contributed by atoms with Gasteiger partial charge in [-0.3, -0.25) is 9.59 Å². The molecular weight excluding hydrogens is 407 g/mol. The summed E-state index contributed by atoms with van der Waals surface area (Å²) in [6.07, 6.45) is 4.39. The molecule has 164 valence electrons. The number of halogens is 1.